The van der Waals surface area contributed by atoms with Crippen LogP contribution in [0.15, 0.2) is 42.5 Å². The molecule has 0 amide bonds. The molecular formula is C20H23NO. The van der Waals surface area contributed by atoms with E-state index >= 15 is 0 Å². The molecule has 4 rings (SSSR count). The summed E-state index contributed by atoms with van der Waals surface area (Å²) in [7, 11) is 1.74. The van der Waals surface area contributed by atoms with Crippen LogP contribution < -0.4 is 10.1 Å². The highest BCUT2D eigenvalue weighted by Crippen LogP contribution is 2.53. The third-order valence-corrected chi connectivity index (χ3v) is 5.68. The summed E-state index contributed by atoms with van der Waals surface area (Å²) in [5, 5.41) is 3.81. The van der Waals surface area contributed by atoms with E-state index in [9.17, 15) is 0 Å². The van der Waals surface area contributed by atoms with Gasteiger partial charge in [-0.3, -0.25) is 0 Å². The van der Waals surface area contributed by atoms with Crippen LogP contribution in [0.4, 0.5) is 5.69 Å². The van der Waals surface area contributed by atoms with E-state index in [4.69, 9.17) is 4.74 Å². The summed E-state index contributed by atoms with van der Waals surface area (Å²) in [4.78, 5) is 0. The molecule has 0 radical (unpaired) electrons. The largest absolute Gasteiger partial charge is 0.497 e. The van der Waals surface area contributed by atoms with Crippen LogP contribution in [0.25, 0.3) is 0 Å². The number of methoxy groups -OCH3 is 1. The smallest absolute Gasteiger partial charge is 0.119 e. The molecule has 0 fully saturated rings. The molecule has 2 aromatic carbocycles. The lowest BCUT2D eigenvalue weighted by molar-refractivity contribution is 0.239. The van der Waals surface area contributed by atoms with Gasteiger partial charge in [0.1, 0.15) is 5.75 Å². The standard InChI is InChI=1S/C20H23NO/c1-20(2)16-10-8-13-6-4-5-7-15(13)19(16)21-18-11-9-14(22-3)12-17(18)20/h4-7,9,11-12,16,19,21H,8,10H2,1-3H3/t16-,19+/m0/s1. The summed E-state index contributed by atoms with van der Waals surface area (Å²) < 4.78 is 5.44. The fraction of sp³-hybridized carbons (Fsp3) is 0.400. The van der Waals surface area contributed by atoms with Gasteiger partial charge in [-0.2, -0.15) is 0 Å². The number of ether oxygens (including phenoxy) is 1. The molecule has 114 valence electrons. The van der Waals surface area contributed by atoms with E-state index in [2.05, 4.69) is 61.6 Å². The molecule has 1 aliphatic heterocycles. The second-order valence-electron chi connectivity index (χ2n) is 7.10. The van der Waals surface area contributed by atoms with Crippen LogP contribution in [0.2, 0.25) is 0 Å². The molecule has 1 N–H and O–H groups in total. The van der Waals surface area contributed by atoms with Crippen molar-refractivity contribution in [3.8, 4) is 5.75 Å². The van der Waals surface area contributed by atoms with E-state index in [1.165, 1.54) is 35.2 Å². The third-order valence-electron chi connectivity index (χ3n) is 5.68. The Morgan fingerprint density at radius 3 is 2.77 bits per heavy atom. The monoisotopic (exact) mass is 293 g/mol. The molecule has 0 saturated carbocycles. The second-order valence-corrected chi connectivity index (χ2v) is 7.10. The van der Waals surface area contributed by atoms with E-state index in [1.54, 1.807) is 7.11 Å². The minimum atomic E-state index is 0.146. The van der Waals surface area contributed by atoms with E-state index in [-0.39, 0.29) is 5.41 Å². The van der Waals surface area contributed by atoms with E-state index in [0.29, 0.717) is 12.0 Å². The summed E-state index contributed by atoms with van der Waals surface area (Å²) in [6.45, 7) is 4.77. The molecule has 1 aliphatic carbocycles. The van der Waals surface area contributed by atoms with Gasteiger partial charge in [0.05, 0.1) is 13.2 Å². The fourth-order valence-electron chi connectivity index (χ4n) is 4.39. The Morgan fingerprint density at radius 1 is 1.14 bits per heavy atom. The molecule has 0 unspecified atom stereocenters. The van der Waals surface area contributed by atoms with Gasteiger partial charge in [0, 0.05) is 5.69 Å². The second kappa shape index (κ2) is 4.77. The molecule has 22 heavy (non-hydrogen) atoms. The van der Waals surface area contributed by atoms with Gasteiger partial charge in [-0.25, -0.2) is 0 Å². The van der Waals surface area contributed by atoms with Crippen LogP contribution in [0.1, 0.15) is 43.0 Å². The highest BCUT2D eigenvalue weighted by Gasteiger charge is 2.45. The Hall–Kier alpha value is -1.96. The first-order chi connectivity index (χ1) is 10.6. The number of hydrogen-bond acceptors (Lipinski definition) is 2. The van der Waals surface area contributed by atoms with Gasteiger partial charge in [0.25, 0.3) is 0 Å². The molecule has 0 spiro atoms. The average Bonchev–Trinajstić information content (AvgIpc) is 2.54. The van der Waals surface area contributed by atoms with Gasteiger partial charge in [-0.1, -0.05) is 38.1 Å². The van der Waals surface area contributed by atoms with Crippen molar-refractivity contribution in [3.63, 3.8) is 0 Å². The zero-order chi connectivity index (χ0) is 15.3. The molecule has 2 nitrogen and oxygen atoms in total. The van der Waals surface area contributed by atoms with Gasteiger partial charge < -0.3 is 10.1 Å². The average molecular weight is 293 g/mol. The van der Waals surface area contributed by atoms with Crippen LogP contribution in [0, 0.1) is 5.92 Å². The number of aryl methyl sites for hydroxylation is 1. The Bertz CT molecular complexity index is 719. The van der Waals surface area contributed by atoms with Gasteiger partial charge in [-0.15, -0.1) is 0 Å². The van der Waals surface area contributed by atoms with Crippen LogP contribution in [0.5, 0.6) is 5.75 Å². The van der Waals surface area contributed by atoms with Crippen molar-refractivity contribution in [1.29, 1.82) is 0 Å². The third kappa shape index (κ3) is 1.86. The van der Waals surface area contributed by atoms with Crippen molar-refractivity contribution >= 4 is 5.69 Å². The molecule has 0 bridgehead atoms. The van der Waals surface area contributed by atoms with Gasteiger partial charge in [0.2, 0.25) is 0 Å². The first-order valence-electron chi connectivity index (χ1n) is 8.14. The molecule has 2 aliphatic rings. The van der Waals surface area contributed by atoms with Crippen molar-refractivity contribution in [2.45, 2.75) is 38.1 Å². The topological polar surface area (TPSA) is 21.3 Å². The number of rotatable bonds is 1. The van der Waals surface area contributed by atoms with Crippen molar-refractivity contribution in [3.05, 3.63) is 59.2 Å². The van der Waals surface area contributed by atoms with Gasteiger partial charge in [-0.05, 0) is 59.1 Å². The number of anilines is 1. The van der Waals surface area contributed by atoms with Crippen molar-refractivity contribution in [1.82, 2.24) is 0 Å². The molecule has 2 heteroatoms. The van der Waals surface area contributed by atoms with Crippen LogP contribution >= 0.6 is 0 Å². The zero-order valence-corrected chi connectivity index (χ0v) is 13.5. The number of benzene rings is 2. The minimum Gasteiger partial charge on any atom is -0.497 e. The Morgan fingerprint density at radius 2 is 1.95 bits per heavy atom. The lowest BCUT2D eigenvalue weighted by Gasteiger charge is -2.49. The van der Waals surface area contributed by atoms with Crippen LogP contribution in [-0.4, -0.2) is 7.11 Å². The highest BCUT2D eigenvalue weighted by molar-refractivity contribution is 5.62. The molecule has 0 saturated heterocycles. The van der Waals surface area contributed by atoms with Crippen LogP contribution in [-0.2, 0) is 11.8 Å². The minimum absolute atomic E-state index is 0.146. The zero-order valence-electron chi connectivity index (χ0n) is 13.5. The van der Waals surface area contributed by atoms with E-state index < -0.39 is 0 Å². The normalized spacial score (nSPS) is 24.5. The maximum Gasteiger partial charge on any atom is 0.119 e. The van der Waals surface area contributed by atoms with Gasteiger partial charge in [0.15, 0.2) is 0 Å². The highest BCUT2D eigenvalue weighted by atomic mass is 16.5. The molecule has 0 aromatic heterocycles. The first-order valence-corrected chi connectivity index (χ1v) is 8.14. The maximum atomic E-state index is 5.44. The number of fused-ring (bicyclic) bond motifs is 4. The molecule has 2 atom stereocenters. The van der Waals surface area contributed by atoms with Gasteiger partial charge >= 0.3 is 0 Å². The summed E-state index contributed by atoms with van der Waals surface area (Å²) in [5.74, 6) is 1.56. The molecular weight excluding hydrogens is 270 g/mol. The summed E-state index contributed by atoms with van der Waals surface area (Å²) in [5.41, 5.74) is 5.77. The summed E-state index contributed by atoms with van der Waals surface area (Å²) in [6.07, 6.45) is 2.42. The van der Waals surface area contributed by atoms with Crippen molar-refractivity contribution in [2.75, 3.05) is 12.4 Å². The Labute approximate surface area is 132 Å². The van der Waals surface area contributed by atoms with E-state index in [0.717, 1.165) is 5.75 Å². The predicted molar refractivity (Wildman–Crippen MR) is 90.6 cm³/mol. The number of nitrogens with one attached hydrogen (secondary N) is 1. The maximum absolute atomic E-state index is 5.44. The van der Waals surface area contributed by atoms with Crippen LogP contribution in [0.3, 0.4) is 0 Å². The molecule has 1 heterocycles. The lowest BCUT2D eigenvalue weighted by Crippen LogP contribution is -2.43. The van der Waals surface area contributed by atoms with Crippen molar-refractivity contribution < 1.29 is 4.74 Å². The lowest BCUT2D eigenvalue weighted by atomic mass is 9.61. The summed E-state index contributed by atoms with van der Waals surface area (Å²) >= 11 is 0. The number of hydrogen-bond donors (Lipinski definition) is 1. The summed E-state index contributed by atoms with van der Waals surface area (Å²) in [6, 6.07) is 15.7. The Kier molecular flexibility index (Phi) is 2.97. The SMILES string of the molecule is COc1ccc2c(c1)C(C)(C)[C@H]1CCc3ccccc3[C@H]1N2. The van der Waals surface area contributed by atoms with E-state index in [1.807, 2.05) is 0 Å². The fourth-order valence-corrected chi connectivity index (χ4v) is 4.39. The quantitative estimate of drug-likeness (QED) is 0.822. The predicted octanol–water partition coefficient (Wildman–Crippen LogP) is 4.70. The first kappa shape index (κ1) is 13.7. The van der Waals surface area contributed by atoms with Crippen molar-refractivity contribution in [2.24, 2.45) is 5.92 Å². The Balaban J connectivity index is 1.85. The molecule has 2 aromatic rings.